The predicted molar refractivity (Wildman–Crippen MR) is 74.0 cm³/mol. The number of urea groups is 1. The average Bonchev–Trinajstić information content (AvgIpc) is 3.02. The lowest BCUT2D eigenvalue weighted by atomic mass is 10.2. The highest BCUT2D eigenvalue weighted by atomic mass is 32.1. The van der Waals surface area contributed by atoms with Gasteiger partial charge in [0.2, 0.25) is 0 Å². The molecule has 1 aromatic heterocycles. The summed E-state index contributed by atoms with van der Waals surface area (Å²) in [5.74, 6) is 0. The molecule has 1 aromatic rings. The lowest BCUT2D eigenvalue weighted by Gasteiger charge is -2.09. The summed E-state index contributed by atoms with van der Waals surface area (Å²) in [6, 6.07) is 0.449. The van der Waals surface area contributed by atoms with Crippen LogP contribution in [0, 0.1) is 0 Å². The van der Waals surface area contributed by atoms with Gasteiger partial charge in [0.05, 0.1) is 5.69 Å². The summed E-state index contributed by atoms with van der Waals surface area (Å²) < 4.78 is 0. The smallest absolute Gasteiger partial charge is 0.321 e. The Morgan fingerprint density at radius 3 is 3.06 bits per heavy atom. The van der Waals surface area contributed by atoms with E-state index in [1.54, 1.807) is 0 Å². The summed E-state index contributed by atoms with van der Waals surface area (Å²) >= 11 is 1.46. The third-order valence-corrected chi connectivity index (χ3v) is 3.58. The van der Waals surface area contributed by atoms with Crippen molar-refractivity contribution in [1.82, 2.24) is 15.6 Å². The molecule has 0 radical (unpaired) electrons. The van der Waals surface area contributed by atoms with Gasteiger partial charge in [-0.05, 0) is 32.7 Å². The Morgan fingerprint density at radius 2 is 2.39 bits per heavy atom. The number of hydrogen-bond acceptors (Lipinski definition) is 4. The normalized spacial score (nSPS) is 16.3. The number of nitrogens with one attached hydrogen (secondary N) is 3. The standard InChI is InChI=1S/C12H20N4OS/c1-3-6-13-8(2)10-7-18-12(15-10)16-11(17)14-9-4-5-9/h7-9,13H,3-6H2,1-2H3,(H2,14,15,16,17). The molecule has 1 saturated carbocycles. The molecule has 6 heteroatoms. The van der Waals surface area contributed by atoms with Crippen LogP contribution in [0.2, 0.25) is 0 Å². The first kappa shape index (κ1) is 13.3. The Bertz CT molecular complexity index is 403. The number of carbonyl (C=O) groups is 1. The second-order valence-electron chi connectivity index (χ2n) is 4.63. The Kier molecular flexibility index (Phi) is 4.54. The third kappa shape index (κ3) is 3.96. The largest absolute Gasteiger partial charge is 0.335 e. The second kappa shape index (κ2) is 6.15. The first-order valence-electron chi connectivity index (χ1n) is 6.45. The molecule has 0 bridgehead atoms. The van der Waals surface area contributed by atoms with Crippen LogP contribution in [0.15, 0.2) is 5.38 Å². The average molecular weight is 268 g/mol. The monoisotopic (exact) mass is 268 g/mol. The second-order valence-corrected chi connectivity index (χ2v) is 5.48. The highest BCUT2D eigenvalue weighted by molar-refractivity contribution is 7.13. The van der Waals surface area contributed by atoms with E-state index < -0.39 is 0 Å². The molecule has 1 fully saturated rings. The van der Waals surface area contributed by atoms with Gasteiger partial charge >= 0.3 is 6.03 Å². The first-order valence-corrected chi connectivity index (χ1v) is 7.33. The van der Waals surface area contributed by atoms with E-state index in [1.807, 2.05) is 5.38 Å². The SMILES string of the molecule is CCCNC(C)c1csc(NC(=O)NC2CC2)n1. The highest BCUT2D eigenvalue weighted by Gasteiger charge is 2.23. The summed E-state index contributed by atoms with van der Waals surface area (Å²) in [6.45, 7) is 5.19. The molecule has 2 rings (SSSR count). The van der Waals surface area contributed by atoms with Crippen molar-refractivity contribution in [2.24, 2.45) is 0 Å². The van der Waals surface area contributed by atoms with E-state index in [-0.39, 0.29) is 12.1 Å². The maximum atomic E-state index is 11.5. The van der Waals surface area contributed by atoms with E-state index >= 15 is 0 Å². The van der Waals surface area contributed by atoms with Crippen molar-refractivity contribution in [1.29, 1.82) is 0 Å². The molecule has 18 heavy (non-hydrogen) atoms. The van der Waals surface area contributed by atoms with E-state index in [9.17, 15) is 4.79 Å². The molecule has 0 spiro atoms. The maximum absolute atomic E-state index is 11.5. The van der Waals surface area contributed by atoms with Crippen molar-refractivity contribution in [3.05, 3.63) is 11.1 Å². The summed E-state index contributed by atoms with van der Waals surface area (Å²) in [5.41, 5.74) is 0.982. The molecule has 1 heterocycles. The summed E-state index contributed by atoms with van der Waals surface area (Å²) in [5, 5.41) is 11.7. The number of carbonyl (C=O) groups excluding carboxylic acids is 1. The van der Waals surface area contributed by atoms with Gasteiger partial charge in [-0.1, -0.05) is 6.92 Å². The molecule has 5 nitrogen and oxygen atoms in total. The van der Waals surface area contributed by atoms with Crippen LogP contribution in [-0.4, -0.2) is 23.6 Å². The molecule has 1 aliphatic carbocycles. The van der Waals surface area contributed by atoms with Crippen LogP contribution < -0.4 is 16.0 Å². The lowest BCUT2D eigenvalue weighted by molar-refractivity contribution is 0.251. The maximum Gasteiger partial charge on any atom is 0.321 e. The van der Waals surface area contributed by atoms with Crippen LogP contribution in [0.25, 0.3) is 0 Å². The van der Waals surface area contributed by atoms with Gasteiger partial charge in [-0.15, -0.1) is 11.3 Å². The van der Waals surface area contributed by atoms with Crippen LogP contribution in [0.3, 0.4) is 0 Å². The number of aromatic nitrogens is 1. The molecular weight excluding hydrogens is 248 g/mol. The quantitative estimate of drug-likeness (QED) is 0.742. The minimum Gasteiger partial charge on any atom is -0.335 e. The molecule has 1 unspecified atom stereocenters. The van der Waals surface area contributed by atoms with E-state index in [1.165, 1.54) is 11.3 Å². The number of nitrogens with zero attached hydrogens (tertiary/aromatic N) is 1. The van der Waals surface area contributed by atoms with E-state index in [2.05, 4.69) is 34.8 Å². The molecule has 2 amide bonds. The van der Waals surface area contributed by atoms with Crippen molar-refractivity contribution < 1.29 is 4.79 Å². The number of amides is 2. The topological polar surface area (TPSA) is 66.0 Å². The molecule has 1 aliphatic rings. The van der Waals surface area contributed by atoms with Gasteiger partial charge in [-0.3, -0.25) is 5.32 Å². The number of anilines is 1. The van der Waals surface area contributed by atoms with E-state index in [4.69, 9.17) is 0 Å². The molecule has 0 aliphatic heterocycles. The lowest BCUT2D eigenvalue weighted by Crippen LogP contribution is -2.30. The fraction of sp³-hybridized carbons (Fsp3) is 0.667. The van der Waals surface area contributed by atoms with Crippen LogP contribution in [0.5, 0.6) is 0 Å². The number of thiazole rings is 1. The fourth-order valence-electron chi connectivity index (χ4n) is 1.55. The van der Waals surface area contributed by atoms with Crippen LogP contribution >= 0.6 is 11.3 Å². The minimum atomic E-state index is -0.146. The van der Waals surface area contributed by atoms with Crippen LogP contribution in [-0.2, 0) is 0 Å². The van der Waals surface area contributed by atoms with Gasteiger partial charge in [0.15, 0.2) is 5.13 Å². The van der Waals surface area contributed by atoms with E-state index in [0.717, 1.165) is 31.5 Å². The minimum absolute atomic E-state index is 0.146. The number of rotatable bonds is 6. The molecule has 0 aromatic carbocycles. The summed E-state index contributed by atoms with van der Waals surface area (Å²) in [6.07, 6.45) is 3.28. The number of hydrogen-bond donors (Lipinski definition) is 3. The van der Waals surface area contributed by atoms with Gasteiger partial charge in [-0.25, -0.2) is 9.78 Å². The van der Waals surface area contributed by atoms with Gasteiger partial charge in [0, 0.05) is 17.5 Å². The zero-order valence-electron chi connectivity index (χ0n) is 10.8. The Labute approximate surface area is 111 Å². The van der Waals surface area contributed by atoms with Crippen molar-refractivity contribution in [3.63, 3.8) is 0 Å². The van der Waals surface area contributed by atoms with Gasteiger partial charge in [0.1, 0.15) is 0 Å². The van der Waals surface area contributed by atoms with Crippen LogP contribution in [0.4, 0.5) is 9.93 Å². The van der Waals surface area contributed by atoms with Crippen molar-refractivity contribution in [2.75, 3.05) is 11.9 Å². The molecule has 100 valence electrons. The first-order chi connectivity index (χ1) is 8.69. The van der Waals surface area contributed by atoms with Crippen LogP contribution in [0.1, 0.15) is 44.8 Å². The molecule has 1 atom stereocenters. The van der Waals surface area contributed by atoms with E-state index in [0.29, 0.717) is 11.2 Å². The summed E-state index contributed by atoms with van der Waals surface area (Å²) in [4.78, 5) is 16.0. The fourth-order valence-corrected chi connectivity index (χ4v) is 2.35. The van der Waals surface area contributed by atoms with Crippen molar-refractivity contribution in [2.45, 2.75) is 45.2 Å². The Balaban J connectivity index is 1.82. The van der Waals surface area contributed by atoms with Gasteiger partial charge in [-0.2, -0.15) is 0 Å². The third-order valence-electron chi connectivity index (χ3n) is 2.80. The molecule has 3 N–H and O–H groups in total. The highest BCUT2D eigenvalue weighted by Crippen LogP contribution is 2.22. The van der Waals surface area contributed by atoms with Gasteiger partial charge < -0.3 is 10.6 Å². The zero-order valence-corrected chi connectivity index (χ0v) is 11.6. The zero-order chi connectivity index (χ0) is 13.0. The Hall–Kier alpha value is -1.14. The molecular formula is C12H20N4OS. The summed E-state index contributed by atoms with van der Waals surface area (Å²) in [7, 11) is 0. The molecule has 0 saturated heterocycles. The van der Waals surface area contributed by atoms with Crippen molar-refractivity contribution in [3.8, 4) is 0 Å². The predicted octanol–water partition coefficient (Wildman–Crippen LogP) is 2.49. The van der Waals surface area contributed by atoms with Gasteiger partial charge in [0.25, 0.3) is 0 Å². The van der Waals surface area contributed by atoms with Crippen molar-refractivity contribution >= 4 is 22.5 Å². The Morgan fingerprint density at radius 1 is 1.61 bits per heavy atom.